The van der Waals surface area contributed by atoms with E-state index >= 15 is 0 Å². The smallest absolute Gasteiger partial charge is 0.387 e. The maximum Gasteiger partial charge on any atom is 0.387 e. The van der Waals surface area contributed by atoms with Crippen molar-refractivity contribution in [1.29, 1.82) is 0 Å². The molecule has 1 aromatic heterocycles. The zero-order valence-electron chi connectivity index (χ0n) is 14.4. The minimum absolute atomic E-state index is 0.0298. The zero-order valence-corrected chi connectivity index (χ0v) is 15.1. The molecule has 1 amide bonds. The van der Waals surface area contributed by atoms with Crippen molar-refractivity contribution in [1.82, 2.24) is 9.88 Å². The summed E-state index contributed by atoms with van der Waals surface area (Å²) >= 11 is 6.07. The molecule has 1 fully saturated rings. The minimum atomic E-state index is -3.02. The third kappa shape index (κ3) is 4.44. The molecule has 144 valence electrons. The van der Waals surface area contributed by atoms with Gasteiger partial charge in [-0.15, -0.1) is 0 Å². The number of amides is 1. The monoisotopic (exact) mass is 399 g/mol. The molecule has 5 nitrogen and oxygen atoms in total. The van der Waals surface area contributed by atoms with E-state index in [1.165, 1.54) is 23.1 Å². The van der Waals surface area contributed by atoms with E-state index in [2.05, 4.69) is 15.0 Å². The lowest BCUT2D eigenvalue weighted by Crippen LogP contribution is -2.51. The molecular weight excluding hydrogens is 383 g/mol. The number of carbonyl (C=O) groups is 1. The molecule has 3 rings (SSSR count). The quantitative estimate of drug-likeness (QED) is 0.739. The highest BCUT2D eigenvalue weighted by molar-refractivity contribution is 6.29. The summed E-state index contributed by atoms with van der Waals surface area (Å²) in [7, 11) is 0. The van der Waals surface area contributed by atoms with Gasteiger partial charge in [-0.05, 0) is 48.4 Å². The van der Waals surface area contributed by atoms with E-state index < -0.39 is 18.7 Å². The summed E-state index contributed by atoms with van der Waals surface area (Å²) in [5.41, 5.74) is 1.17. The van der Waals surface area contributed by atoms with Gasteiger partial charge in [0.25, 0.3) is 5.91 Å². The van der Waals surface area contributed by atoms with Gasteiger partial charge in [0.1, 0.15) is 22.9 Å². The van der Waals surface area contributed by atoms with Crippen LogP contribution in [0.1, 0.15) is 17.3 Å². The largest absolute Gasteiger partial charge is 0.435 e. The first kappa shape index (κ1) is 19.3. The fourth-order valence-electron chi connectivity index (χ4n) is 2.81. The van der Waals surface area contributed by atoms with E-state index in [1.54, 1.807) is 12.1 Å². The van der Waals surface area contributed by atoms with E-state index in [9.17, 15) is 18.0 Å². The number of anilines is 1. The van der Waals surface area contributed by atoms with Crippen LogP contribution < -0.4 is 10.1 Å². The van der Waals surface area contributed by atoms with Crippen molar-refractivity contribution in [3.05, 3.63) is 41.0 Å². The lowest BCUT2D eigenvalue weighted by atomic mass is 9.98. The molecule has 27 heavy (non-hydrogen) atoms. The molecule has 1 aliphatic heterocycles. The van der Waals surface area contributed by atoms with Crippen LogP contribution in [-0.4, -0.2) is 48.2 Å². The lowest BCUT2D eigenvalue weighted by molar-refractivity contribution is -0.0499. The summed E-state index contributed by atoms with van der Waals surface area (Å²) in [4.78, 5) is 18.2. The molecule has 2 aromatic rings. The fourth-order valence-corrected chi connectivity index (χ4v) is 3.02. The molecule has 1 N–H and O–H groups in total. The molecule has 9 heteroatoms. The van der Waals surface area contributed by atoms with Crippen LogP contribution >= 0.6 is 11.6 Å². The van der Waals surface area contributed by atoms with Gasteiger partial charge in [0, 0.05) is 6.54 Å². The van der Waals surface area contributed by atoms with Crippen LogP contribution in [0.15, 0.2) is 30.3 Å². The normalized spacial score (nSPS) is 14.2. The van der Waals surface area contributed by atoms with Gasteiger partial charge in [0.15, 0.2) is 0 Å². The summed E-state index contributed by atoms with van der Waals surface area (Å²) < 4.78 is 42.7. The van der Waals surface area contributed by atoms with Crippen LogP contribution in [0.5, 0.6) is 5.75 Å². The molecule has 0 atom stereocenters. The summed E-state index contributed by atoms with van der Waals surface area (Å²) in [5, 5.41) is 3.24. The predicted octanol–water partition coefficient (Wildman–Crippen LogP) is 4.23. The summed E-state index contributed by atoms with van der Waals surface area (Å²) in [5.74, 6) is -0.0999. The van der Waals surface area contributed by atoms with Crippen LogP contribution in [0.4, 0.5) is 19.0 Å². The number of nitrogens with zero attached hydrogens (tertiary/aromatic N) is 2. The van der Waals surface area contributed by atoms with E-state index in [0.29, 0.717) is 23.5 Å². The van der Waals surface area contributed by atoms with Crippen LogP contribution in [-0.2, 0) is 0 Å². The van der Waals surface area contributed by atoms with Gasteiger partial charge in [0.2, 0.25) is 0 Å². The number of halogens is 4. The van der Waals surface area contributed by atoms with Crippen LogP contribution in [0.2, 0.25) is 5.15 Å². The Balaban J connectivity index is 2.04. The number of alkyl halides is 3. The summed E-state index contributed by atoms with van der Waals surface area (Å²) in [6.45, 7) is -0.569. The van der Waals surface area contributed by atoms with Crippen LogP contribution in [0, 0.1) is 0 Å². The number of hydrogen-bond donors (Lipinski definition) is 1. The predicted molar refractivity (Wildman–Crippen MR) is 96.3 cm³/mol. The second kappa shape index (κ2) is 8.04. The van der Waals surface area contributed by atoms with Crippen molar-refractivity contribution in [3.8, 4) is 16.9 Å². The molecule has 1 aliphatic rings. The van der Waals surface area contributed by atoms with E-state index in [0.717, 1.165) is 0 Å². The first-order valence-corrected chi connectivity index (χ1v) is 8.69. The molecular formula is C18H17ClF3N3O2. The zero-order chi connectivity index (χ0) is 19.6. The molecule has 0 aliphatic carbocycles. The summed E-state index contributed by atoms with van der Waals surface area (Å²) in [6, 6.07) is 7.34. The van der Waals surface area contributed by atoms with Crippen molar-refractivity contribution < 1.29 is 22.7 Å². The maximum absolute atomic E-state index is 13.2. The minimum Gasteiger partial charge on any atom is -0.435 e. The fraction of sp³-hybridized carbons (Fsp3) is 0.333. The Morgan fingerprint density at radius 3 is 2.74 bits per heavy atom. The van der Waals surface area contributed by atoms with Gasteiger partial charge in [0.05, 0.1) is 18.7 Å². The van der Waals surface area contributed by atoms with Crippen molar-refractivity contribution in [3.63, 3.8) is 0 Å². The number of rotatable bonds is 6. The number of aromatic nitrogens is 1. The van der Waals surface area contributed by atoms with Crippen molar-refractivity contribution >= 4 is 23.3 Å². The standard InChI is InChI=1S/C18H17ClF3N3O2/c1-2-23-16-6-10(5-15(19)24-16)13-4-3-12(27-18(21)22)7-14(13)17(26)25-8-11(20)9-25/h3-7,11,18H,2,8-9H2,1H3,(H,23,24). The van der Waals surface area contributed by atoms with E-state index in [4.69, 9.17) is 11.6 Å². The number of nitrogens with one attached hydrogen (secondary N) is 1. The second-order valence-electron chi connectivity index (χ2n) is 5.99. The molecule has 1 aromatic carbocycles. The number of pyridine rings is 1. The molecule has 1 saturated heterocycles. The average molecular weight is 400 g/mol. The molecule has 0 unspecified atom stereocenters. The van der Waals surface area contributed by atoms with Crippen molar-refractivity contribution in [2.75, 3.05) is 25.0 Å². The van der Waals surface area contributed by atoms with Gasteiger partial charge in [-0.3, -0.25) is 4.79 Å². The third-order valence-corrected chi connectivity index (χ3v) is 4.23. The number of benzene rings is 1. The molecule has 0 saturated carbocycles. The topological polar surface area (TPSA) is 54.5 Å². The van der Waals surface area contributed by atoms with E-state index in [-0.39, 0.29) is 29.6 Å². The third-order valence-electron chi connectivity index (χ3n) is 4.03. The molecule has 0 bridgehead atoms. The van der Waals surface area contributed by atoms with Gasteiger partial charge >= 0.3 is 6.61 Å². The van der Waals surface area contributed by atoms with Crippen LogP contribution in [0.25, 0.3) is 11.1 Å². The average Bonchev–Trinajstić information content (AvgIpc) is 2.57. The second-order valence-corrected chi connectivity index (χ2v) is 6.37. The Morgan fingerprint density at radius 1 is 1.37 bits per heavy atom. The lowest BCUT2D eigenvalue weighted by Gasteiger charge is -2.34. The maximum atomic E-state index is 13.2. The number of carbonyl (C=O) groups excluding carboxylic acids is 1. The SMILES string of the molecule is CCNc1cc(-c2ccc(OC(F)F)cc2C(=O)N2CC(F)C2)cc(Cl)n1. The highest BCUT2D eigenvalue weighted by Gasteiger charge is 2.32. The van der Waals surface area contributed by atoms with Gasteiger partial charge in [-0.1, -0.05) is 11.6 Å². The van der Waals surface area contributed by atoms with Gasteiger partial charge < -0.3 is 15.0 Å². The Labute approximate surface area is 159 Å². The molecule has 0 spiro atoms. The Bertz CT molecular complexity index is 845. The number of hydrogen-bond acceptors (Lipinski definition) is 4. The Morgan fingerprint density at radius 2 is 2.11 bits per heavy atom. The highest BCUT2D eigenvalue weighted by atomic mass is 35.5. The number of ether oxygens (including phenoxy) is 1. The molecule has 0 radical (unpaired) electrons. The highest BCUT2D eigenvalue weighted by Crippen LogP contribution is 2.32. The summed E-state index contributed by atoms with van der Waals surface area (Å²) in [6.07, 6.45) is -1.08. The van der Waals surface area contributed by atoms with Crippen molar-refractivity contribution in [2.24, 2.45) is 0 Å². The first-order valence-electron chi connectivity index (χ1n) is 8.31. The first-order chi connectivity index (χ1) is 12.9. The van der Waals surface area contributed by atoms with Crippen LogP contribution in [0.3, 0.4) is 0 Å². The Hall–Kier alpha value is -2.48. The molecule has 2 heterocycles. The van der Waals surface area contributed by atoms with Crippen molar-refractivity contribution in [2.45, 2.75) is 19.7 Å². The Kier molecular flexibility index (Phi) is 5.74. The van der Waals surface area contributed by atoms with E-state index in [1.807, 2.05) is 6.92 Å². The van der Waals surface area contributed by atoms with Gasteiger partial charge in [-0.2, -0.15) is 8.78 Å². The number of likely N-dealkylation sites (tertiary alicyclic amines) is 1. The van der Waals surface area contributed by atoms with Gasteiger partial charge in [-0.25, -0.2) is 9.37 Å².